The van der Waals surface area contributed by atoms with Gasteiger partial charge in [-0.15, -0.1) is 12.4 Å². The molecular formula is C31H66ClN. The molecule has 0 heterocycles. The van der Waals surface area contributed by atoms with Crippen molar-refractivity contribution in [2.24, 2.45) is 0 Å². The minimum Gasteiger partial charge on any atom is -0.306 e. The summed E-state index contributed by atoms with van der Waals surface area (Å²) in [6.45, 7) is 7.24. The van der Waals surface area contributed by atoms with Crippen LogP contribution >= 0.6 is 12.4 Å². The van der Waals surface area contributed by atoms with E-state index in [2.05, 4.69) is 25.8 Å². The summed E-state index contributed by atoms with van der Waals surface area (Å²) in [5.41, 5.74) is 0. The number of halogens is 1. The van der Waals surface area contributed by atoms with Crippen LogP contribution in [0.2, 0.25) is 0 Å². The van der Waals surface area contributed by atoms with Crippen molar-refractivity contribution in [3.63, 3.8) is 0 Å². The predicted octanol–water partition coefficient (Wildman–Crippen LogP) is 11.5. The molecule has 0 rings (SSSR count). The monoisotopic (exact) mass is 487 g/mol. The zero-order chi connectivity index (χ0) is 23.4. The summed E-state index contributed by atoms with van der Waals surface area (Å²) in [6, 6.07) is 0. The fourth-order valence-electron chi connectivity index (χ4n) is 4.91. The van der Waals surface area contributed by atoms with Gasteiger partial charge in [0.15, 0.2) is 0 Å². The third-order valence-corrected chi connectivity index (χ3v) is 7.29. The van der Waals surface area contributed by atoms with Crippen LogP contribution in [0.4, 0.5) is 0 Å². The largest absolute Gasteiger partial charge is 0.306 e. The first-order chi connectivity index (χ1) is 15.8. The highest BCUT2D eigenvalue weighted by Crippen LogP contribution is 2.14. The van der Waals surface area contributed by atoms with E-state index in [1.54, 1.807) is 0 Å². The Bertz CT molecular complexity index is 290. The zero-order valence-corrected chi connectivity index (χ0v) is 24.5. The Balaban J connectivity index is 0. The molecule has 0 amide bonds. The molecule has 0 spiro atoms. The smallest absolute Gasteiger partial charge is 0.00218 e. The van der Waals surface area contributed by atoms with Crippen LogP contribution in [0.15, 0.2) is 0 Å². The second kappa shape index (κ2) is 32.2. The summed E-state index contributed by atoms with van der Waals surface area (Å²) >= 11 is 0. The highest BCUT2D eigenvalue weighted by atomic mass is 35.5. The van der Waals surface area contributed by atoms with Crippen molar-refractivity contribution in [3.8, 4) is 0 Å². The van der Waals surface area contributed by atoms with Crippen molar-refractivity contribution < 1.29 is 0 Å². The van der Waals surface area contributed by atoms with Crippen molar-refractivity contribution >= 4 is 12.4 Å². The quantitative estimate of drug-likeness (QED) is 0.0990. The Hall–Kier alpha value is 0.250. The Kier molecular flexibility index (Phi) is 34.6. The lowest BCUT2D eigenvalue weighted by atomic mass is 10.0. The maximum atomic E-state index is 2.58. The average molecular weight is 488 g/mol. The lowest BCUT2D eigenvalue weighted by molar-refractivity contribution is 0.314. The van der Waals surface area contributed by atoms with Crippen LogP contribution in [0, 0.1) is 0 Å². The van der Waals surface area contributed by atoms with E-state index in [-0.39, 0.29) is 12.4 Å². The maximum Gasteiger partial charge on any atom is -0.00218 e. The predicted molar refractivity (Wildman–Crippen MR) is 156 cm³/mol. The van der Waals surface area contributed by atoms with E-state index in [1.807, 2.05) is 0 Å². The van der Waals surface area contributed by atoms with Gasteiger partial charge in [0.1, 0.15) is 0 Å². The Labute approximate surface area is 218 Å². The summed E-state index contributed by atoms with van der Waals surface area (Å²) in [5, 5.41) is 0. The maximum absolute atomic E-state index is 2.58. The molecule has 2 heteroatoms. The van der Waals surface area contributed by atoms with Gasteiger partial charge in [-0.2, -0.15) is 0 Å². The van der Waals surface area contributed by atoms with Crippen molar-refractivity contribution in [2.75, 3.05) is 20.1 Å². The van der Waals surface area contributed by atoms with Gasteiger partial charge in [0.25, 0.3) is 0 Å². The van der Waals surface area contributed by atoms with Gasteiger partial charge in [-0.05, 0) is 33.0 Å². The second-order valence-corrected chi connectivity index (χ2v) is 10.8. The Morgan fingerprint density at radius 2 is 0.485 bits per heavy atom. The van der Waals surface area contributed by atoms with Gasteiger partial charge in [0, 0.05) is 0 Å². The fraction of sp³-hybridized carbons (Fsp3) is 1.00. The first-order valence-corrected chi connectivity index (χ1v) is 15.5. The molecule has 0 aromatic rings. The SMILES string of the molecule is CCCCCCCCCCCCCCCN(C)CCCCCCCCCCCCCCC.Cl. The molecule has 0 atom stereocenters. The van der Waals surface area contributed by atoms with Crippen molar-refractivity contribution in [1.82, 2.24) is 4.90 Å². The number of unbranched alkanes of at least 4 members (excludes halogenated alkanes) is 24. The fourth-order valence-corrected chi connectivity index (χ4v) is 4.91. The van der Waals surface area contributed by atoms with Crippen LogP contribution < -0.4 is 0 Å². The van der Waals surface area contributed by atoms with Crippen LogP contribution in [0.25, 0.3) is 0 Å². The number of hydrogen-bond donors (Lipinski definition) is 0. The Morgan fingerprint density at radius 1 is 0.303 bits per heavy atom. The molecule has 0 bridgehead atoms. The van der Waals surface area contributed by atoms with E-state index in [0.717, 1.165) is 0 Å². The van der Waals surface area contributed by atoms with Gasteiger partial charge in [-0.1, -0.05) is 168 Å². The topological polar surface area (TPSA) is 3.24 Å². The van der Waals surface area contributed by atoms with Gasteiger partial charge in [0.2, 0.25) is 0 Å². The molecule has 0 N–H and O–H groups in total. The van der Waals surface area contributed by atoms with E-state index in [9.17, 15) is 0 Å². The summed E-state index contributed by atoms with van der Waals surface area (Å²) in [5.74, 6) is 0. The molecule has 33 heavy (non-hydrogen) atoms. The molecule has 202 valence electrons. The zero-order valence-electron chi connectivity index (χ0n) is 23.7. The number of nitrogens with zero attached hydrogens (tertiary/aromatic N) is 1. The highest BCUT2D eigenvalue weighted by Gasteiger charge is 1.99. The van der Waals surface area contributed by atoms with Gasteiger partial charge in [-0.3, -0.25) is 0 Å². The van der Waals surface area contributed by atoms with E-state index < -0.39 is 0 Å². The summed E-state index contributed by atoms with van der Waals surface area (Å²) < 4.78 is 0. The summed E-state index contributed by atoms with van der Waals surface area (Å²) in [4.78, 5) is 2.58. The van der Waals surface area contributed by atoms with Gasteiger partial charge in [0.05, 0.1) is 0 Å². The third-order valence-electron chi connectivity index (χ3n) is 7.29. The first kappa shape index (κ1) is 35.4. The van der Waals surface area contributed by atoms with Crippen LogP contribution in [-0.2, 0) is 0 Å². The van der Waals surface area contributed by atoms with Crippen molar-refractivity contribution in [3.05, 3.63) is 0 Å². The number of rotatable bonds is 28. The molecule has 0 aliphatic rings. The van der Waals surface area contributed by atoms with Crippen molar-refractivity contribution in [2.45, 2.75) is 181 Å². The molecule has 0 saturated heterocycles. The molecule has 1 nitrogen and oxygen atoms in total. The van der Waals surface area contributed by atoms with E-state index in [0.29, 0.717) is 0 Å². The van der Waals surface area contributed by atoms with Crippen LogP contribution in [0.3, 0.4) is 0 Å². The van der Waals surface area contributed by atoms with Gasteiger partial charge in [-0.25, -0.2) is 0 Å². The molecule has 0 aliphatic heterocycles. The second-order valence-electron chi connectivity index (χ2n) is 10.8. The van der Waals surface area contributed by atoms with Gasteiger partial charge >= 0.3 is 0 Å². The number of hydrogen-bond acceptors (Lipinski definition) is 1. The standard InChI is InChI=1S/C31H65N.ClH/c1-4-6-8-10-12-14-16-18-20-22-24-26-28-30-32(3)31-29-27-25-23-21-19-17-15-13-11-9-7-5-2;/h4-31H2,1-3H3;1H. The summed E-state index contributed by atoms with van der Waals surface area (Å²) in [6.07, 6.45) is 37.8. The van der Waals surface area contributed by atoms with Crippen LogP contribution in [0.5, 0.6) is 0 Å². The minimum atomic E-state index is 0. The van der Waals surface area contributed by atoms with Crippen LogP contribution in [-0.4, -0.2) is 25.0 Å². The van der Waals surface area contributed by atoms with Crippen molar-refractivity contribution in [1.29, 1.82) is 0 Å². The first-order valence-electron chi connectivity index (χ1n) is 15.5. The average Bonchev–Trinajstić information content (AvgIpc) is 2.80. The lowest BCUT2D eigenvalue weighted by Crippen LogP contribution is -2.20. The minimum absolute atomic E-state index is 0. The Morgan fingerprint density at radius 3 is 0.697 bits per heavy atom. The third kappa shape index (κ3) is 32.2. The molecule has 0 fully saturated rings. The normalized spacial score (nSPS) is 11.3. The molecule has 0 aromatic carbocycles. The molecular weight excluding hydrogens is 422 g/mol. The lowest BCUT2D eigenvalue weighted by Gasteiger charge is -2.16. The molecule has 0 aromatic heterocycles. The summed E-state index contributed by atoms with van der Waals surface area (Å²) in [7, 11) is 2.33. The van der Waals surface area contributed by atoms with E-state index in [4.69, 9.17) is 0 Å². The van der Waals surface area contributed by atoms with E-state index >= 15 is 0 Å². The molecule has 0 saturated carbocycles. The van der Waals surface area contributed by atoms with Gasteiger partial charge < -0.3 is 4.90 Å². The highest BCUT2D eigenvalue weighted by molar-refractivity contribution is 5.85. The van der Waals surface area contributed by atoms with E-state index in [1.165, 1.54) is 180 Å². The molecule has 0 unspecified atom stereocenters. The molecule has 0 radical (unpaired) electrons. The van der Waals surface area contributed by atoms with Crippen LogP contribution in [0.1, 0.15) is 181 Å². The molecule has 0 aliphatic carbocycles.